The molecule has 3 heterocycles. The minimum Gasteiger partial charge on any atom is -0.487 e. The number of fused-ring (bicyclic) bond motifs is 3. The molecule has 1 aliphatic rings. The number of aliphatic hydroxyl groups is 1. The SMILES string of the molecule is OC1c2ccccc2OCc2nc(/C=C/c3ccc4cc(F)c(F)cc4n3)ccc21. The Labute approximate surface area is 171 Å². The van der Waals surface area contributed by atoms with E-state index >= 15 is 0 Å². The quantitative estimate of drug-likeness (QED) is 0.510. The summed E-state index contributed by atoms with van der Waals surface area (Å²) in [5, 5.41) is 11.3. The number of para-hydroxylation sites is 1. The summed E-state index contributed by atoms with van der Waals surface area (Å²) in [7, 11) is 0. The van der Waals surface area contributed by atoms with Crippen molar-refractivity contribution in [3.8, 4) is 5.75 Å². The number of nitrogens with zero attached hydrogens (tertiary/aromatic N) is 2. The first-order valence-corrected chi connectivity index (χ1v) is 9.42. The van der Waals surface area contributed by atoms with Gasteiger partial charge in [0.05, 0.1) is 22.6 Å². The summed E-state index contributed by atoms with van der Waals surface area (Å²) in [4.78, 5) is 8.95. The lowest BCUT2D eigenvalue weighted by Gasteiger charge is -2.12. The summed E-state index contributed by atoms with van der Waals surface area (Å²) in [5.41, 5.74) is 3.71. The minimum atomic E-state index is -0.928. The van der Waals surface area contributed by atoms with Crippen LogP contribution in [-0.2, 0) is 6.61 Å². The summed E-state index contributed by atoms with van der Waals surface area (Å²) in [6.07, 6.45) is 2.72. The number of hydrogen-bond donors (Lipinski definition) is 1. The zero-order chi connectivity index (χ0) is 20.7. The molecule has 30 heavy (non-hydrogen) atoms. The Morgan fingerprint density at radius 3 is 2.47 bits per heavy atom. The Hall–Kier alpha value is -3.64. The highest BCUT2D eigenvalue weighted by molar-refractivity contribution is 5.81. The highest BCUT2D eigenvalue weighted by Gasteiger charge is 2.23. The van der Waals surface area contributed by atoms with Gasteiger partial charge in [-0.25, -0.2) is 18.7 Å². The van der Waals surface area contributed by atoms with E-state index in [0.717, 1.165) is 12.1 Å². The number of benzene rings is 2. The third-order valence-corrected chi connectivity index (χ3v) is 5.08. The van der Waals surface area contributed by atoms with Crippen molar-refractivity contribution in [1.29, 1.82) is 0 Å². The molecule has 0 aliphatic carbocycles. The first kappa shape index (κ1) is 18.4. The third kappa shape index (κ3) is 3.31. The maximum absolute atomic E-state index is 13.5. The van der Waals surface area contributed by atoms with Crippen molar-refractivity contribution in [3.05, 3.63) is 101 Å². The van der Waals surface area contributed by atoms with Crippen molar-refractivity contribution in [3.63, 3.8) is 0 Å². The van der Waals surface area contributed by atoms with Crippen molar-refractivity contribution in [1.82, 2.24) is 9.97 Å². The molecule has 0 fully saturated rings. The molecule has 1 atom stereocenters. The molecule has 5 rings (SSSR count). The van der Waals surface area contributed by atoms with Gasteiger partial charge >= 0.3 is 0 Å². The number of hydrogen-bond acceptors (Lipinski definition) is 4. The lowest BCUT2D eigenvalue weighted by Crippen LogP contribution is -2.04. The third-order valence-electron chi connectivity index (χ3n) is 5.08. The van der Waals surface area contributed by atoms with Crippen molar-refractivity contribution >= 4 is 23.1 Å². The summed E-state index contributed by atoms with van der Waals surface area (Å²) in [6, 6.07) is 16.7. The summed E-state index contributed by atoms with van der Waals surface area (Å²) in [5.74, 6) is -1.18. The van der Waals surface area contributed by atoms with Crippen LogP contribution in [0.4, 0.5) is 8.78 Å². The average Bonchev–Trinajstić information content (AvgIpc) is 2.90. The molecule has 4 nitrogen and oxygen atoms in total. The molecular formula is C24H16F2N2O2. The largest absolute Gasteiger partial charge is 0.487 e. The van der Waals surface area contributed by atoms with Gasteiger partial charge in [0.15, 0.2) is 11.6 Å². The summed E-state index contributed by atoms with van der Waals surface area (Å²) in [6.45, 7) is 0.254. The Morgan fingerprint density at radius 1 is 0.867 bits per heavy atom. The predicted octanol–water partition coefficient (Wildman–Crippen LogP) is 5.05. The zero-order valence-corrected chi connectivity index (χ0v) is 15.7. The zero-order valence-electron chi connectivity index (χ0n) is 15.7. The van der Waals surface area contributed by atoms with Crippen LogP contribution in [0.15, 0.2) is 60.7 Å². The normalized spacial score (nSPS) is 15.5. The van der Waals surface area contributed by atoms with Crippen LogP contribution in [0.1, 0.15) is 34.3 Å². The number of aliphatic hydroxyl groups excluding tert-OH is 1. The highest BCUT2D eigenvalue weighted by atomic mass is 19.2. The van der Waals surface area contributed by atoms with Crippen LogP contribution in [0, 0.1) is 11.6 Å². The molecule has 2 aromatic carbocycles. The highest BCUT2D eigenvalue weighted by Crippen LogP contribution is 2.35. The van der Waals surface area contributed by atoms with E-state index in [1.54, 1.807) is 24.3 Å². The molecule has 0 saturated carbocycles. The van der Waals surface area contributed by atoms with Gasteiger partial charge in [-0.05, 0) is 36.4 Å². The number of pyridine rings is 2. The van der Waals surface area contributed by atoms with Crippen molar-refractivity contribution in [2.75, 3.05) is 0 Å². The number of rotatable bonds is 2. The Bertz CT molecular complexity index is 1300. The van der Waals surface area contributed by atoms with Crippen molar-refractivity contribution in [2.24, 2.45) is 0 Å². The summed E-state index contributed by atoms with van der Waals surface area (Å²) < 4.78 is 32.6. The van der Waals surface area contributed by atoms with Gasteiger partial charge in [-0.3, -0.25) is 0 Å². The maximum atomic E-state index is 13.5. The monoisotopic (exact) mass is 402 g/mol. The van der Waals surface area contributed by atoms with E-state index in [0.29, 0.717) is 44.9 Å². The number of aromatic nitrogens is 2. The van der Waals surface area contributed by atoms with Crippen LogP contribution in [0.5, 0.6) is 5.75 Å². The second kappa shape index (κ2) is 7.31. The molecule has 1 N–H and O–H groups in total. The molecular weight excluding hydrogens is 386 g/mol. The van der Waals surface area contributed by atoms with E-state index in [2.05, 4.69) is 9.97 Å². The lowest BCUT2D eigenvalue weighted by molar-refractivity contribution is 0.218. The minimum absolute atomic E-state index is 0.254. The van der Waals surface area contributed by atoms with E-state index in [-0.39, 0.29) is 6.61 Å². The van der Waals surface area contributed by atoms with Gasteiger partial charge in [0.2, 0.25) is 0 Å². The van der Waals surface area contributed by atoms with Crippen LogP contribution in [-0.4, -0.2) is 15.1 Å². The van der Waals surface area contributed by atoms with Crippen LogP contribution in [0.25, 0.3) is 23.1 Å². The molecule has 0 saturated heterocycles. The molecule has 0 bridgehead atoms. The van der Waals surface area contributed by atoms with Gasteiger partial charge in [0.1, 0.15) is 18.5 Å². The van der Waals surface area contributed by atoms with Gasteiger partial charge in [-0.2, -0.15) is 0 Å². The fraction of sp³-hybridized carbons (Fsp3) is 0.0833. The molecule has 0 spiro atoms. The van der Waals surface area contributed by atoms with Gasteiger partial charge in [-0.15, -0.1) is 0 Å². The van der Waals surface area contributed by atoms with E-state index < -0.39 is 17.7 Å². The van der Waals surface area contributed by atoms with Gasteiger partial charge in [0, 0.05) is 22.6 Å². The number of ether oxygens (including phenoxy) is 1. The van der Waals surface area contributed by atoms with E-state index in [1.165, 1.54) is 0 Å². The molecule has 0 radical (unpaired) electrons. The van der Waals surface area contributed by atoms with Crippen molar-refractivity contribution < 1.29 is 18.6 Å². The second-order valence-corrected chi connectivity index (χ2v) is 7.03. The molecule has 1 aliphatic heterocycles. The maximum Gasteiger partial charge on any atom is 0.161 e. The average molecular weight is 402 g/mol. The predicted molar refractivity (Wildman–Crippen MR) is 110 cm³/mol. The fourth-order valence-corrected chi connectivity index (χ4v) is 3.54. The van der Waals surface area contributed by atoms with Crippen LogP contribution < -0.4 is 4.74 Å². The van der Waals surface area contributed by atoms with Gasteiger partial charge < -0.3 is 9.84 Å². The van der Waals surface area contributed by atoms with Crippen LogP contribution >= 0.6 is 0 Å². The molecule has 148 valence electrons. The van der Waals surface area contributed by atoms with Gasteiger partial charge in [-0.1, -0.05) is 30.3 Å². The summed E-state index contributed by atoms with van der Waals surface area (Å²) >= 11 is 0. The molecule has 2 aromatic heterocycles. The molecule has 4 aromatic rings. The topological polar surface area (TPSA) is 55.2 Å². The second-order valence-electron chi connectivity index (χ2n) is 7.03. The fourth-order valence-electron chi connectivity index (χ4n) is 3.54. The molecule has 1 unspecified atom stereocenters. The molecule has 0 amide bonds. The Morgan fingerprint density at radius 2 is 1.60 bits per heavy atom. The van der Waals surface area contributed by atoms with E-state index in [4.69, 9.17) is 4.74 Å². The van der Waals surface area contributed by atoms with E-state index in [9.17, 15) is 13.9 Å². The Balaban J connectivity index is 1.44. The lowest BCUT2D eigenvalue weighted by atomic mass is 10.00. The van der Waals surface area contributed by atoms with E-state index in [1.807, 2.05) is 36.4 Å². The first-order chi connectivity index (χ1) is 14.6. The van der Waals surface area contributed by atoms with Crippen LogP contribution in [0.3, 0.4) is 0 Å². The van der Waals surface area contributed by atoms with Crippen molar-refractivity contribution in [2.45, 2.75) is 12.7 Å². The van der Waals surface area contributed by atoms with Gasteiger partial charge in [0.25, 0.3) is 0 Å². The standard InChI is InChI=1S/C24H16F2N2O2/c25-19-11-14-5-6-15(27-21(14)12-20(19)26)7-8-16-9-10-17-22(28-16)13-30-23-4-2-1-3-18(23)24(17)29/h1-12,24,29H,13H2/b8-7+. The molecule has 6 heteroatoms. The number of halogens is 2. The Kier molecular flexibility index (Phi) is 4.48. The first-order valence-electron chi connectivity index (χ1n) is 9.42. The smallest absolute Gasteiger partial charge is 0.161 e. The van der Waals surface area contributed by atoms with Crippen LogP contribution in [0.2, 0.25) is 0 Å².